The minimum absolute atomic E-state index is 0.250. The molecule has 0 aliphatic carbocycles. The van der Waals surface area contributed by atoms with Crippen molar-refractivity contribution in [2.24, 2.45) is 5.73 Å². The fourth-order valence-electron chi connectivity index (χ4n) is 1.46. The number of primary amides is 1. The van der Waals surface area contributed by atoms with Crippen molar-refractivity contribution in [2.45, 2.75) is 0 Å². The molecule has 6 nitrogen and oxygen atoms in total. The molecular formula is C13H11N5OS. The van der Waals surface area contributed by atoms with Gasteiger partial charge in [-0.25, -0.2) is 4.98 Å². The summed E-state index contributed by atoms with van der Waals surface area (Å²) in [5.74, 6) is 0.752. The largest absolute Gasteiger partial charge is 0.372 e. The Bertz CT molecular complexity index is 603. The molecule has 2 heterocycles. The first kappa shape index (κ1) is 13.8. The molecule has 100 valence electrons. The van der Waals surface area contributed by atoms with Crippen LogP contribution in [0, 0.1) is 0 Å². The van der Waals surface area contributed by atoms with Gasteiger partial charge in [-0.1, -0.05) is 30.3 Å². The van der Waals surface area contributed by atoms with E-state index in [0.29, 0.717) is 0 Å². The minimum Gasteiger partial charge on any atom is -0.372 e. The Morgan fingerprint density at radius 3 is 2.45 bits per heavy atom. The summed E-state index contributed by atoms with van der Waals surface area (Å²) in [5, 5.41) is 8.43. The molecule has 0 saturated carbocycles. The summed E-state index contributed by atoms with van der Waals surface area (Å²) in [6, 6.07) is 11.8. The summed E-state index contributed by atoms with van der Waals surface area (Å²) >= 11 is 1.37. The average Bonchev–Trinajstić information content (AvgIpc) is 3.00. The minimum atomic E-state index is 0.250. The Morgan fingerprint density at radius 2 is 1.80 bits per heavy atom. The molecule has 20 heavy (non-hydrogen) atoms. The van der Waals surface area contributed by atoms with Gasteiger partial charge in [0.15, 0.2) is 5.82 Å². The van der Waals surface area contributed by atoms with Crippen LogP contribution in [0.15, 0.2) is 48.8 Å². The highest BCUT2D eigenvalue weighted by atomic mass is 32.1. The van der Waals surface area contributed by atoms with E-state index >= 15 is 0 Å². The summed E-state index contributed by atoms with van der Waals surface area (Å²) in [6.45, 7) is 0. The Morgan fingerprint density at radius 1 is 1.05 bits per heavy atom. The maximum Gasteiger partial charge on any atom is 0.204 e. The van der Waals surface area contributed by atoms with E-state index in [-0.39, 0.29) is 6.41 Å². The zero-order valence-electron chi connectivity index (χ0n) is 10.4. The summed E-state index contributed by atoms with van der Waals surface area (Å²) in [4.78, 5) is 13.1. The third kappa shape index (κ3) is 3.42. The predicted molar refractivity (Wildman–Crippen MR) is 76.6 cm³/mol. The van der Waals surface area contributed by atoms with Crippen molar-refractivity contribution in [2.75, 3.05) is 0 Å². The molecule has 2 aromatic heterocycles. The van der Waals surface area contributed by atoms with Crippen molar-refractivity contribution in [3.05, 3.63) is 48.8 Å². The van der Waals surface area contributed by atoms with Gasteiger partial charge in [-0.3, -0.25) is 4.79 Å². The average molecular weight is 285 g/mol. The molecule has 0 atom stereocenters. The molecule has 0 saturated heterocycles. The first-order valence-corrected chi connectivity index (χ1v) is 6.44. The molecule has 0 radical (unpaired) electrons. The number of nitrogens with two attached hydrogens (primary N) is 1. The molecule has 0 aliphatic rings. The number of hydrogen-bond acceptors (Lipinski definition) is 6. The molecule has 3 rings (SSSR count). The van der Waals surface area contributed by atoms with Crippen LogP contribution in [0.25, 0.3) is 22.0 Å². The van der Waals surface area contributed by atoms with Crippen molar-refractivity contribution in [1.82, 2.24) is 19.6 Å². The molecule has 0 spiro atoms. The third-order valence-electron chi connectivity index (χ3n) is 2.29. The molecule has 0 bridgehead atoms. The second kappa shape index (κ2) is 7.05. The van der Waals surface area contributed by atoms with Gasteiger partial charge in [0.1, 0.15) is 5.01 Å². The van der Waals surface area contributed by atoms with Gasteiger partial charge in [0.05, 0.1) is 12.4 Å². The van der Waals surface area contributed by atoms with Gasteiger partial charge in [0.25, 0.3) is 0 Å². The Hall–Kier alpha value is -2.67. The number of nitrogens with zero attached hydrogens (tertiary/aromatic N) is 4. The number of amides is 1. The van der Waals surface area contributed by atoms with E-state index in [1.165, 1.54) is 11.5 Å². The van der Waals surface area contributed by atoms with E-state index in [1.54, 1.807) is 12.4 Å². The number of aromatic nitrogens is 4. The number of carbonyl (C=O) groups is 1. The van der Waals surface area contributed by atoms with Gasteiger partial charge in [0.2, 0.25) is 6.41 Å². The van der Waals surface area contributed by atoms with Crippen molar-refractivity contribution in [1.29, 1.82) is 0 Å². The molecule has 2 N–H and O–H groups in total. The Labute approximate surface area is 119 Å². The van der Waals surface area contributed by atoms with E-state index in [1.807, 2.05) is 36.4 Å². The predicted octanol–water partition coefficient (Wildman–Crippen LogP) is 1.76. The van der Waals surface area contributed by atoms with Crippen molar-refractivity contribution in [3.8, 4) is 22.0 Å². The van der Waals surface area contributed by atoms with Crippen molar-refractivity contribution >= 4 is 17.9 Å². The fourth-order valence-corrected chi connectivity index (χ4v) is 2.14. The molecule has 1 amide bonds. The van der Waals surface area contributed by atoms with Gasteiger partial charge in [-0.05, 0) is 17.6 Å². The van der Waals surface area contributed by atoms with Gasteiger partial charge in [0, 0.05) is 11.1 Å². The first-order chi connectivity index (χ1) is 9.85. The van der Waals surface area contributed by atoms with Gasteiger partial charge in [-0.2, -0.15) is 14.6 Å². The highest BCUT2D eigenvalue weighted by molar-refractivity contribution is 7.09. The summed E-state index contributed by atoms with van der Waals surface area (Å²) < 4.78 is 4.35. The van der Waals surface area contributed by atoms with Gasteiger partial charge >= 0.3 is 0 Å². The third-order valence-corrected chi connectivity index (χ3v) is 3.05. The summed E-state index contributed by atoms with van der Waals surface area (Å²) in [5.41, 5.74) is 6.14. The van der Waals surface area contributed by atoms with E-state index in [9.17, 15) is 0 Å². The van der Waals surface area contributed by atoms with Crippen LogP contribution in [0.5, 0.6) is 0 Å². The second-order valence-corrected chi connectivity index (χ2v) is 4.31. The topological polar surface area (TPSA) is 94.7 Å². The van der Waals surface area contributed by atoms with E-state index in [0.717, 1.165) is 22.0 Å². The maximum atomic E-state index is 8.58. The molecule has 0 aliphatic heterocycles. The SMILES string of the molecule is NC=O.c1ccc(-c2nsc(-c3ccnnc3)n2)cc1. The zero-order chi connectivity index (χ0) is 14.2. The number of benzene rings is 1. The van der Waals surface area contributed by atoms with Crippen molar-refractivity contribution in [3.63, 3.8) is 0 Å². The molecule has 7 heteroatoms. The summed E-state index contributed by atoms with van der Waals surface area (Å²) in [6.07, 6.45) is 3.59. The lowest BCUT2D eigenvalue weighted by atomic mass is 10.2. The highest BCUT2D eigenvalue weighted by Crippen LogP contribution is 2.24. The molecular weight excluding hydrogens is 274 g/mol. The van der Waals surface area contributed by atoms with Gasteiger partial charge in [-0.15, -0.1) is 0 Å². The normalized spacial score (nSPS) is 9.40. The van der Waals surface area contributed by atoms with E-state index in [4.69, 9.17) is 4.79 Å². The lowest BCUT2D eigenvalue weighted by Gasteiger charge is -1.93. The Kier molecular flexibility index (Phi) is 4.85. The van der Waals surface area contributed by atoms with Gasteiger partial charge < -0.3 is 5.73 Å². The van der Waals surface area contributed by atoms with Crippen LogP contribution < -0.4 is 5.73 Å². The standard InChI is InChI=1S/C12H8N4S.CH3NO/c1-2-4-9(5-3-1)11-15-12(17-16-11)10-6-7-13-14-8-10;2-1-3/h1-8H;1H,(H2,2,3). The van der Waals surface area contributed by atoms with Crippen LogP contribution in [0.4, 0.5) is 0 Å². The second-order valence-electron chi connectivity index (χ2n) is 3.56. The molecule has 3 aromatic rings. The lowest BCUT2D eigenvalue weighted by Crippen LogP contribution is -1.82. The number of rotatable bonds is 2. The zero-order valence-corrected chi connectivity index (χ0v) is 11.2. The number of hydrogen-bond donors (Lipinski definition) is 1. The Balaban J connectivity index is 0.000000452. The van der Waals surface area contributed by atoms with Crippen LogP contribution in [-0.4, -0.2) is 26.0 Å². The lowest BCUT2D eigenvalue weighted by molar-refractivity contribution is -0.106. The molecule has 0 fully saturated rings. The quantitative estimate of drug-likeness (QED) is 0.724. The number of carbonyl (C=O) groups excluding carboxylic acids is 1. The summed E-state index contributed by atoms with van der Waals surface area (Å²) in [7, 11) is 0. The highest BCUT2D eigenvalue weighted by Gasteiger charge is 2.07. The van der Waals surface area contributed by atoms with Crippen LogP contribution in [0.3, 0.4) is 0 Å². The molecule has 1 aromatic carbocycles. The van der Waals surface area contributed by atoms with Crippen LogP contribution >= 0.6 is 11.5 Å². The maximum absolute atomic E-state index is 8.58. The fraction of sp³-hybridized carbons (Fsp3) is 0. The smallest absolute Gasteiger partial charge is 0.204 e. The molecule has 0 unspecified atom stereocenters. The van der Waals surface area contributed by atoms with E-state index < -0.39 is 0 Å². The van der Waals surface area contributed by atoms with Crippen LogP contribution in [0.2, 0.25) is 0 Å². The van der Waals surface area contributed by atoms with E-state index in [2.05, 4.69) is 25.3 Å². The van der Waals surface area contributed by atoms with Crippen LogP contribution in [0.1, 0.15) is 0 Å². The van der Waals surface area contributed by atoms with Crippen LogP contribution in [-0.2, 0) is 4.79 Å². The van der Waals surface area contributed by atoms with Crippen molar-refractivity contribution < 1.29 is 4.79 Å². The first-order valence-electron chi connectivity index (χ1n) is 5.66. The monoisotopic (exact) mass is 285 g/mol.